The third-order valence-electron chi connectivity index (χ3n) is 4.42. The predicted molar refractivity (Wildman–Crippen MR) is 87.2 cm³/mol. The van der Waals surface area contributed by atoms with Crippen LogP contribution in [-0.4, -0.2) is 13.1 Å². The summed E-state index contributed by atoms with van der Waals surface area (Å²) in [6, 6.07) is 19.8. The molecule has 20 heavy (non-hydrogen) atoms. The summed E-state index contributed by atoms with van der Waals surface area (Å²) in [5.74, 6) is 0. The standard InChI is InChI=1S/C19H25N/c1-15-10-8-9-11-16(15)14-18(20-4)19(2,3)17-12-6-5-7-13-17/h5-13,18,20H,14H2,1-4H3. The number of hydrogen-bond donors (Lipinski definition) is 1. The maximum absolute atomic E-state index is 3.52. The van der Waals surface area contributed by atoms with Crippen LogP contribution in [0.4, 0.5) is 0 Å². The molecule has 1 heteroatoms. The number of benzene rings is 2. The van der Waals surface area contributed by atoms with Gasteiger partial charge in [0.2, 0.25) is 0 Å². The van der Waals surface area contributed by atoms with E-state index in [1.807, 2.05) is 0 Å². The molecule has 2 aromatic rings. The number of nitrogens with one attached hydrogen (secondary N) is 1. The lowest BCUT2D eigenvalue weighted by Gasteiger charge is -2.35. The van der Waals surface area contributed by atoms with Crippen molar-refractivity contribution in [3.8, 4) is 0 Å². The van der Waals surface area contributed by atoms with Gasteiger partial charge >= 0.3 is 0 Å². The van der Waals surface area contributed by atoms with Gasteiger partial charge in [-0.05, 0) is 37.1 Å². The zero-order chi connectivity index (χ0) is 14.6. The molecule has 2 rings (SSSR count). The Morgan fingerprint density at radius 1 is 0.950 bits per heavy atom. The van der Waals surface area contributed by atoms with E-state index in [1.54, 1.807) is 0 Å². The summed E-state index contributed by atoms with van der Waals surface area (Å²) in [7, 11) is 2.06. The lowest BCUT2D eigenvalue weighted by atomic mass is 9.75. The van der Waals surface area contributed by atoms with Gasteiger partial charge < -0.3 is 5.32 Å². The van der Waals surface area contributed by atoms with E-state index < -0.39 is 0 Å². The maximum Gasteiger partial charge on any atom is 0.0196 e. The number of likely N-dealkylation sites (N-methyl/N-ethyl adjacent to an activating group) is 1. The second-order valence-electron chi connectivity index (χ2n) is 6.06. The van der Waals surface area contributed by atoms with Crippen LogP contribution in [0.5, 0.6) is 0 Å². The molecule has 0 spiro atoms. The first-order chi connectivity index (χ1) is 9.55. The van der Waals surface area contributed by atoms with Crippen LogP contribution in [0, 0.1) is 6.92 Å². The van der Waals surface area contributed by atoms with Gasteiger partial charge in [-0.3, -0.25) is 0 Å². The molecule has 0 heterocycles. The summed E-state index contributed by atoms with van der Waals surface area (Å²) in [6.07, 6.45) is 1.05. The van der Waals surface area contributed by atoms with Crippen LogP contribution in [0.15, 0.2) is 54.6 Å². The summed E-state index contributed by atoms with van der Waals surface area (Å²) in [6.45, 7) is 6.83. The van der Waals surface area contributed by atoms with E-state index in [0.29, 0.717) is 6.04 Å². The van der Waals surface area contributed by atoms with Crippen LogP contribution >= 0.6 is 0 Å². The lowest BCUT2D eigenvalue weighted by molar-refractivity contribution is 0.356. The Hall–Kier alpha value is -1.60. The third-order valence-corrected chi connectivity index (χ3v) is 4.42. The van der Waals surface area contributed by atoms with Crippen molar-refractivity contribution in [2.45, 2.75) is 38.6 Å². The van der Waals surface area contributed by atoms with Crippen LogP contribution in [0.25, 0.3) is 0 Å². The molecule has 0 fully saturated rings. The molecule has 1 atom stereocenters. The van der Waals surface area contributed by atoms with E-state index in [0.717, 1.165) is 6.42 Å². The second kappa shape index (κ2) is 6.23. The molecular formula is C19H25N. The minimum absolute atomic E-state index is 0.0955. The SMILES string of the molecule is CNC(Cc1ccccc1C)C(C)(C)c1ccccc1. The average Bonchev–Trinajstić information content (AvgIpc) is 2.47. The van der Waals surface area contributed by atoms with Crippen LogP contribution in [-0.2, 0) is 11.8 Å². The Labute approximate surface area is 123 Å². The molecule has 0 saturated heterocycles. The third kappa shape index (κ3) is 3.10. The Morgan fingerprint density at radius 3 is 2.15 bits per heavy atom. The Bertz CT molecular complexity index is 543. The van der Waals surface area contributed by atoms with Crippen molar-refractivity contribution in [3.63, 3.8) is 0 Å². The summed E-state index contributed by atoms with van der Waals surface area (Å²) in [5.41, 5.74) is 4.28. The summed E-state index contributed by atoms with van der Waals surface area (Å²) < 4.78 is 0. The van der Waals surface area contributed by atoms with Gasteiger partial charge in [0.25, 0.3) is 0 Å². The first-order valence-corrected chi connectivity index (χ1v) is 7.33. The summed E-state index contributed by atoms with van der Waals surface area (Å²) in [4.78, 5) is 0. The predicted octanol–water partition coefficient (Wildman–Crippen LogP) is 4.10. The lowest BCUT2D eigenvalue weighted by Crippen LogP contribution is -2.44. The maximum atomic E-state index is 3.52. The molecule has 0 saturated carbocycles. The molecule has 0 aliphatic heterocycles. The van der Waals surface area contributed by atoms with E-state index in [1.165, 1.54) is 16.7 Å². The zero-order valence-electron chi connectivity index (χ0n) is 13.0. The topological polar surface area (TPSA) is 12.0 Å². The average molecular weight is 267 g/mol. The first-order valence-electron chi connectivity index (χ1n) is 7.33. The van der Waals surface area contributed by atoms with Crippen LogP contribution in [0.1, 0.15) is 30.5 Å². The van der Waals surface area contributed by atoms with Gasteiger partial charge in [-0.15, -0.1) is 0 Å². The summed E-state index contributed by atoms with van der Waals surface area (Å²) >= 11 is 0. The number of rotatable bonds is 5. The van der Waals surface area contributed by atoms with Gasteiger partial charge in [0.05, 0.1) is 0 Å². The molecule has 0 radical (unpaired) electrons. The number of hydrogen-bond acceptors (Lipinski definition) is 1. The van der Waals surface area contributed by atoms with Crippen molar-refractivity contribution in [2.24, 2.45) is 0 Å². The minimum Gasteiger partial charge on any atom is -0.316 e. The Balaban J connectivity index is 2.26. The smallest absolute Gasteiger partial charge is 0.0196 e. The minimum atomic E-state index is 0.0955. The van der Waals surface area contributed by atoms with E-state index in [2.05, 4.69) is 87.7 Å². The molecule has 2 aromatic carbocycles. The molecule has 0 aromatic heterocycles. The van der Waals surface area contributed by atoms with Crippen molar-refractivity contribution in [2.75, 3.05) is 7.05 Å². The van der Waals surface area contributed by atoms with Gasteiger partial charge in [-0.25, -0.2) is 0 Å². The Kier molecular flexibility index (Phi) is 4.61. The fourth-order valence-electron chi connectivity index (χ4n) is 2.85. The van der Waals surface area contributed by atoms with Gasteiger partial charge in [-0.2, -0.15) is 0 Å². The molecule has 1 unspecified atom stereocenters. The quantitative estimate of drug-likeness (QED) is 0.860. The molecular weight excluding hydrogens is 242 g/mol. The molecule has 0 bridgehead atoms. The monoisotopic (exact) mass is 267 g/mol. The van der Waals surface area contributed by atoms with Gasteiger partial charge in [-0.1, -0.05) is 68.4 Å². The van der Waals surface area contributed by atoms with Gasteiger partial charge in [0.1, 0.15) is 0 Å². The molecule has 1 N–H and O–H groups in total. The van der Waals surface area contributed by atoms with Gasteiger partial charge in [0.15, 0.2) is 0 Å². The zero-order valence-corrected chi connectivity index (χ0v) is 13.0. The van der Waals surface area contributed by atoms with Crippen LogP contribution < -0.4 is 5.32 Å². The van der Waals surface area contributed by atoms with Crippen molar-refractivity contribution < 1.29 is 0 Å². The fourth-order valence-corrected chi connectivity index (χ4v) is 2.85. The molecule has 106 valence electrons. The van der Waals surface area contributed by atoms with Crippen molar-refractivity contribution in [1.82, 2.24) is 5.32 Å². The highest BCUT2D eigenvalue weighted by atomic mass is 14.9. The van der Waals surface area contributed by atoms with Crippen LogP contribution in [0.2, 0.25) is 0 Å². The summed E-state index contributed by atoms with van der Waals surface area (Å²) in [5, 5.41) is 3.52. The highest BCUT2D eigenvalue weighted by Gasteiger charge is 2.30. The first kappa shape index (κ1) is 14.8. The van der Waals surface area contributed by atoms with E-state index in [9.17, 15) is 0 Å². The highest BCUT2D eigenvalue weighted by Crippen LogP contribution is 2.29. The highest BCUT2D eigenvalue weighted by molar-refractivity contribution is 5.30. The molecule has 0 aliphatic rings. The molecule has 1 nitrogen and oxygen atoms in total. The van der Waals surface area contributed by atoms with Gasteiger partial charge in [0, 0.05) is 11.5 Å². The van der Waals surface area contributed by atoms with Crippen molar-refractivity contribution in [1.29, 1.82) is 0 Å². The van der Waals surface area contributed by atoms with E-state index >= 15 is 0 Å². The van der Waals surface area contributed by atoms with E-state index in [4.69, 9.17) is 0 Å². The van der Waals surface area contributed by atoms with Crippen LogP contribution in [0.3, 0.4) is 0 Å². The van der Waals surface area contributed by atoms with Crippen molar-refractivity contribution >= 4 is 0 Å². The molecule has 0 aliphatic carbocycles. The normalized spacial score (nSPS) is 13.2. The Morgan fingerprint density at radius 2 is 1.55 bits per heavy atom. The van der Waals surface area contributed by atoms with E-state index in [-0.39, 0.29) is 5.41 Å². The fraction of sp³-hybridized carbons (Fsp3) is 0.368. The number of aryl methyl sites for hydroxylation is 1. The van der Waals surface area contributed by atoms with Crippen molar-refractivity contribution in [3.05, 3.63) is 71.3 Å². The molecule has 0 amide bonds. The second-order valence-corrected chi connectivity index (χ2v) is 6.06. The largest absolute Gasteiger partial charge is 0.316 e.